The Balaban J connectivity index is 2.38. The van der Waals surface area contributed by atoms with Gasteiger partial charge >= 0.3 is 0 Å². The first kappa shape index (κ1) is 8.51. The standard InChI is InChI=1S/C9H8ClNO2/c10-8-5-7(8)6-3-1-2-4-9(6)11(12)13/h1-4,7-8H,5H2/t7-,8-/m0/s1. The van der Waals surface area contributed by atoms with Crippen LogP contribution in [0.3, 0.4) is 0 Å². The van der Waals surface area contributed by atoms with E-state index in [1.807, 2.05) is 6.07 Å². The van der Waals surface area contributed by atoms with Crippen LogP contribution in [0.4, 0.5) is 5.69 Å². The maximum Gasteiger partial charge on any atom is 0.272 e. The molecule has 0 heterocycles. The first-order valence-electron chi connectivity index (χ1n) is 4.07. The van der Waals surface area contributed by atoms with Crippen molar-refractivity contribution in [3.05, 3.63) is 39.9 Å². The van der Waals surface area contributed by atoms with Crippen LogP contribution in [0, 0.1) is 10.1 Å². The number of hydrogen-bond donors (Lipinski definition) is 0. The van der Waals surface area contributed by atoms with Gasteiger partial charge in [0.25, 0.3) is 5.69 Å². The lowest BCUT2D eigenvalue weighted by atomic mass is 10.1. The molecule has 0 aliphatic heterocycles. The van der Waals surface area contributed by atoms with Crippen LogP contribution >= 0.6 is 11.6 Å². The Hall–Kier alpha value is -1.09. The van der Waals surface area contributed by atoms with Gasteiger partial charge in [0.05, 0.1) is 4.92 Å². The summed E-state index contributed by atoms with van der Waals surface area (Å²) in [6, 6.07) is 6.79. The van der Waals surface area contributed by atoms with Crippen LogP contribution in [0.15, 0.2) is 24.3 Å². The summed E-state index contributed by atoms with van der Waals surface area (Å²) in [4.78, 5) is 10.3. The van der Waals surface area contributed by atoms with Gasteiger partial charge in [-0.1, -0.05) is 18.2 Å². The van der Waals surface area contributed by atoms with Crippen LogP contribution in [0.5, 0.6) is 0 Å². The number of alkyl halides is 1. The molecule has 0 amide bonds. The van der Waals surface area contributed by atoms with Crippen molar-refractivity contribution in [1.29, 1.82) is 0 Å². The number of nitrogens with zero attached hydrogens (tertiary/aromatic N) is 1. The molecular formula is C9H8ClNO2. The molecule has 1 aromatic rings. The molecule has 0 N–H and O–H groups in total. The van der Waals surface area contributed by atoms with Gasteiger partial charge in [-0.2, -0.15) is 0 Å². The number of benzene rings is 1. The zero-order valence-electron chi connectivity index (χ0n) is 6.81. The molecule has 1 aliphatic rings. The van der Waals surface area contributed by atoms with E-state index in [9.17, 15) is 10.1 Å². The van der Waals surface area contributed by atoms with E-state index in [4.69, 9.17) is 11.6 Å². The number of hydrogen-bond acceptors (Lipinski definition) is 2. The van der Waals surface area contributed by atoms with Crippen LogP contribution in [0.1, 0.15) is 17.9 Å². The minimum atomic E-state index is -0.350. The fourth-order valence-corrected chi connectivity index (χ4v) is 1.78. The largest absolute Gasteiger partial charge is 0.272 e. The molecule has 0 bridgehead atoms. The summed E-state index contributed by atoms with van der Waals surface area (Å²) in [7, 11) is 0. The van der Waals surface area contributed by atoms with Gasteiger partial charge in [-0.05, 0) is 6.42 Å². The first-order valence-corrected chi connectivity index (χ1v) is 4.51. The molecule has 0 radical (unpaired) electrons. The third-order valence-corrected chi connectivity index (χ3v) is 2.73. The second-order valence-corrected chi connectivity index (χ2v) is 3.73. The lowest BCUT2D eigenvalue weighted by Gasteiger charge is -1.98. The summed E-state index contributed by atoms with van der Waals surface area (Å²) in [6.45, 7) is 0. The Morgan fingerprint density at radius 1 is 1.46 bits per heavy atom. The van der Waals surface area contributed by atoms with Crippen molar-refractivity contribution in [1.82, 2.24) is 0 Å². The monoisotopic (exact) mass is 197 g/mol. The minimum Gasteiger partial charge on any atom is -0.258 e. The molecule has 2 rings (SSSR count). The van der Waals surface area contributed by atoms with Crippen molar-refractivity contribution >= 4 is 17.3 Å². The quantitative estimate of drug-likeness (QED) is 0.416. The third kappa shape index (κ3) is 1.52. The lowest BCUT2D eigenvalue weighted by molar-refractivity contribution is -0.385. The van der Waals surface area contributed by atoms with Gasteiger partial charge in [-0.15, -0.1) is 11.6 Å². The average molecular weight is 198 g/mol. The summed E-state index contributed by atoms with van der Waals surface area (Å²) >= 11 is 5.84. The Morgan fingerprint density at radius 3 is 2.62 bits per heavy atom. The van der Waals surface area contributed by atoms with Crippen LogP contribution in [0.25, 0.3) is 0 Å². The van der Waals surface area contributed by atoms with E-state index in [1.165, 1.54) is 6.07 Å². The van der Waals surface area contributed by atoms with Gasteiger partial charge in [-0.25, -0.2) is 0 Å². The highest BCUT2D eigenvalue weighted by atomic mass is 35.5. The van der Waals surface area contributed by atoms with E-state index in [0.29, 0.717) is 0 Å². The summed E-state index contributed by atoms with van der Waals surface area (Å²) in [5.41, 5.74) is 0.961. The molecule has 0 aromatic heterocycles. The Bertz CT molecular complexity index is 353. The highest BCUT2D eigenvalue weighted by Gasteiger charge is 2.40. The first-order chi connectivity index (χ1) is 6.20. The fraction of sp³-hybridized carbons (Fsp3) is 0.333. The molecule has 2 atom stereocenters. The molecule has 3 nitrogen and oxygen atoms in total. The molecule has 4 heteroatoms. The lowest BCUT2D eigenvalue weighted by Crippen LogP contribution is -1.94. The van der Waals surface area contributed by atoms with E-state index >= 15 is 0 Å². The molecule has 1 aromatic carbocycles. The Morgan fingerprint density at radius 2 is 2.08 bits per heavy atom. The third-order valence-electron chi connectivity index (χ3n) is 2.25. The van der Waals surface area contributed by atoms with Gasteiger partial charge in [-0.3, -0.25) is 10.1 Å². The van der Waals surface area contributed by atoms with Gasteiger partial charge in [0.1, 0.15) is 0 Å². The van der Waals surface area contributed by atoms with Gasteiger partial charge in [0.2, 0.25) is 0 Å². The number of nitro groups is 1. The molecular weight excluding hydrogens is 190 g/mol. The van der Waals surface area contributed by atoms with E-state index in [0.717, 1.165) is 12.0 Å². The molecule has 1 fully saturated rings. The Labute approximate surface area is 80.5 Å². The van der Waals surface area contributed by atoms with Crippen molar-refractivity contribution in [2.45, 2.75) is 17.7 Å². The van der Waals surface area contributed by atoms with Crippen LogP contribution in [-0.4, -0.2) is 10.3 Å². The van der Waals surface area contributed by atoms with Crippen molar-refractivity contribution in [3.8, 4) is 0 Å². The Kier molecular flexibility index (Phi) is 1.96. The molecule has 0 unspecified atom stereocenters. The molecule has 0 saturated heterocycles. The van der Waals surface area contributed by atoms with E-state index in [2.05, 4.69) is 0 Å². The van der Waals surface area contributed by atoms with E-state index in [1.54, 1.807) is 12.1 Å². The summed E-state index contributed by atoms with van der Waals surface area (Å²) in [5, 5.41) is 10.7. The molecule has 1 saturated carbocycles. The van der Waals surface area contributed by atoms with Crippen molar-refractivity contribution in [3.63, 3.8) is 0 Å². The predicted octanol–water partition coefficient (Wildman–Crippen LogP) is 2.69. The van der Waals surface area contributed by atoms with Crippen molar-refractivity contribution in [2.24, 2.45) is 0 Å². The van der Waals surface area contributed by atoms with Crippen molar-refractivity contribution in [2.75, 3.05) is 0 Å². The van der Waals surface area contributed by atoms with E-state index < -0.39 is 0 Å². The second kappa shape index (κ2) is 3.00. The maximum atomic E-state index is 10.6. The molecule has 13 heavy (non-hydrogen) atoms. The molecule has 68 valence electrons. The van der Waals surface area contributed by atoms with Crippen LogP contribution in [0.2, 0.25) is 0 Å². The summed E-state index contributed by atoms with van der Waals surface area (Å²) in [5.74, 6) is 0.184. The number of halogens is 1. The fourth-order valence-electron chi connectivity index (χ4n) is 1.45. The zero-order valence-corrected chi connectivity index (χ0v) is 7.57. The zero-order chi connectivity index (χ0) is 9.42. The van der Waals surface area contributed by atoms with E-state index in [-0.39, 0.29) is 21.9 Å². The second-order valence-electron chi connectivity index (χ2n) is 3.17. The summed E-state index contributed by atoms with van der Waals surface area (Å²) < 4.78 is 0. The predicted molar refractivity (Wildman–Crippen MR) is 50.1 cm³/mol. The number of para-hydroxylation sites is 1. The highest BCUT2D eigenvalue weighted by molar-refractivity contribution is 6.23. The highest BCUT2D eigenvalue weighted by Crippen LogP contribution is 2.47. The SMILES string of the molecule is O=[N+]([O-])c1ccccc1[C@@H]1C[C@@H]1Cl. The van der Waals surface area contributed by atoms with Crippen LogP contribution < -0.4 is 0 Å². The summed E-state index contributed by atoms with van der Waals surface area (Å²) in [6.07, 6.45) is 0.854. The smallest absolute Gasteiger partial charge is 0.258 e. The molecule has 1 aliphatic carbocycles. The van der Waals surface area contributed by atoms with Gasteiger partial charge < -0.3 is 0 Å². The molecule has 0 spiro atoms. The number of rotatable bonds is 2. The average Bonchev–Trinajstić information content (AvgIpc) is 2.82. The van der Waals surface area contributed by atoms with Gasteiger partial charge in [0, 0.05) is 22.9 Å². The van der Waals surface area contributed by atoms with Crippen molar-refractivity contribution < 1.29 is 4.92 Å². The number of nitro benzene ring substituents is 1. The van der Waals surface area contributed by atoms with Crippen LogP contribution in [-0.2, 0) is 0 Å². The minimum absolute atomic E-state index is 0.0844. The maximum absolute atomic E-state index is 10.6. The van der Waals surface area contributed by atoms with Gasteiger partial charge in [0.15, 0.2) is 0 Å². The normalized spacial score (nSPS) is 25.6. The topological polar surface area (TPSA) is 43.1 Å².